The zero-order chi connectivity index (χ0) is 13.3. The highest BCUT2D eigenvalue weighted by molar-refractivity contribution is 14.1. The molecule has 1 atom stereocenters. The molecule has 0 aliphatic rings. The predicted octanol–water partition coefficient (Wildman–Crippen LogP) is 2.29. The molecule has 18 heavy (non-hydrogen) atoms. The number of aliphatic hydroxyl groups is 1. The van der Waals surface area contributed by atoms with Crippen LogP contribution < -0.4 is 4.74 Å². The average molecular weight is 358 g/mol. The number of aryl methyl sites for hydroxylation is 1. The van der Waals surface area contributed by atoms with Crippen molar-refractivity contribution in [1.82, 2.24) is 9.78 Å². The summed E-state index contributed by atoms with van der Waals surface area (Å²) < 4.78 is 8.02. The van der Waals surface area contributed by atoms with Crippen molar-refractivity contribution in [3.05, 3.63) is 45.3 Å². The highest BCUT2D eigenvalue weighted by atomic mass is 127. The highest BCUT2D eigenvalue weighted by Crippen LogP contribution is 2.34. The molecular weight excluding hydrogens is 343 g/mol. The van der Waals surface area contributed by atoms with Crippen molar-refractivity contribution in [3.63, 3.8) is 0 Å². The summed E-state index contributed by atoms with van der Waals surface area (Å²) in [5.41, 5.74) is 0.317. The Labute approximate surface area is 120 Å². The van der Waals surface area contributed by atoms with Crippen molar-refractivity contribution < 1.29 is 9.84 Å². The summed E-state index contributed by atoms with van der Waals surface area (Å²) in [4.78, 5) is 0. The van der Waals surface area contributed by atoms with Gasteiger partial charge in [0, 0.05) is 10.6 Å². The number of hydrogen-bond acceptors (Lipinski definition) is 3. The Bertz CT molecular complexity index is 547. The van der Waals surface area contributed by atoms with Crippen molar-refractivity contribution in [2.24, 2.45) is 7.05 Å². The van der Waals surface area contributed by atoms with Crippen molar-refractivity contribution in [2.45, 2.75) is 12.5 Å². The molecule has 1 unspecified atom stereocenters. The first-order valence-corrected chi connectivity index (χ1v) is 6.59. The molecule has 0 spiro atoms. The number of aromatic nitrogens is 2. The summed E-state index contributed by atoms with van der Waals surface area (Å²) in [7, 11) is 3.36. The van der Waals surface area contributed by atoms with Gasteiger partial charge in [-0.05, 0) is 47.2 Å². The van der Waals surface area contributed by atoms with Crippen LogP contribution in [0.25, 0.3) is 0 Å². The molecule has 0 aliphatic carbocycles. The average Bonchev–Trinajstić information content (AvgIpc) is 2.71. The van der Waals surface area contributed by atoms with E-state index in [1.54, 1.807) is 32.0 Å². The van der Waals surface area contributed by atoms with Gasteiger partial charge in [0.25, 0.3) is 0 Å². The molecule has 1 N–H and O–H groups in total. The fraction of sp³-hybridized carbons (Fsp3) is 0.308. The Morgan fingerprint density at radius 1 is 1.33 bits per heavy atom. The van der Waals surface area contributed by atoms with Gasteiger partial charge >= 0.3 is 0 Å². The van der Waals surface area contributed by atoms with Crippen LogP contribution in [0.3, 0.4) is 0 Å². The van der Waals surface area contributed by atoms with E-state index in [2.05, 4.69) is 27.7 Å². The fourth-order valence-electron chi connectivity index (χ4n) is 2.03. The third-order valence-corrected chi connectivity index (χ3v) is 3.71. The normalized spacial score (nSPS) is 14.3. The summed E-state index contributed by atoms with van der Waals surface area (Å²) in [6.07, 6.45) is 1.61. The molecule has 1 aromatic carbocycles. The van der Waals surface area contributed by atoms with E-state index < -0.39 is 5.60 Å². The van der Waals surface area contributed by atoms with Gasteiger partial charge < -0.3 is 9.84 Å². The van der Waals surface area contributed by atoms with Crippen LogP contribution in [0.4, 0.5) is 0 Å². The topological polar surface area (TPSA) is 47.3 Å². The Balaban J connectivity index is 2.53. The lowest BCUT2D eigenvalue weighted by atomic mass is 9.92. The third-order valence-electron chi connectivity index (χ3n) is 2.99. The number of rotatable bonds is 3. The maximum absolute atomic E-state index is 10.8. The number of methoxy groups -OCH3 is 1. The van der Waals surface area contributed by atoms with E-state index in [0.29, 0.717) is 11.4 Å². The standard InChI is InChI=1S/C13H15IN2O2/c1-13(17,9-4-6-10(14)7-5-9)12-11(18-3)8-15-16(12)2/h4-8,17H,1-3H3. The Kier molecular flexibility index (Phi) is 3.63. The Morgan fingerprint density at radius 3 is 2.50 bits per heavy atom. The number of benzene rings is 1. The van der Waals surface area contributed by atoms with E-state index in [-0.39, 0.29) is 0 Å². The second-order valence-corrected chi connectivity index (χ2v) is 5.51. The van der Waals surface area contributed by atoms with E-state index in [1.807, 2.05) is 24.3 Å². The number of hydrogen-bond donors (Lipinski definition) is 1. The first-order chi connectivity index (χ1) is 8.46. The van der Waals surface area contributed by atoms with Gasteiger partial charge in [-0.25, -0.2) is 0 Å². The number of halogens is 1. The molecule has 0 radical (unpaired) electrons. The van der Waals surface area contributed by atoms with Crippen LogP contribution in [0.2, 0.25) is 0 Å². The molecule has 0 saturated heterocycles. The van der Waals surface area contributed by atoms with E-state index in [1.165, 1.54) is 0 Å². The maximum Gasteiger partial charge on any atom is 0.163 e. The largest absolute Gasteiger partial charge is 0.493 e. The van der Waals surface area contributed by atoms with Gasteiger partial charge in [0.2, 0.25) is 0 Å². The molecule has 0 amide bonds. The minimum absolute atomic E-state index is 0.584. The lowest BCUT2D eigenvalue weighted by molar-refractivity contribution is 0.0897. The summed E-state index contributed by atoms with van der Waals surface area (Å²) in [5, 5.41) is 14.9. The van der Waals surface area contributed by atoms with Crippen LogP contribution in [0.5, 0.6) is 5.75 Å². The maximum atomic E-state index is 10.8. The monoisotopic (exact) mass is 358 g/mol. The van der Waals surface area contributed by atoms with Crippen LogP contribution in [0.15, 0.2) is 30.5 Å². The van der Waals surface area contributed by atoms with Gasteiger partial charge in [0.1, 0.15) is 11.3 Å². The van der Waals surface area contributed by atoms with Crippen molar-refractivity contribution in [1.29, 1.82) is 0 Å². The smallest absolute Gasteiger partial charge is 0.163 e. The minimum Gasteiger partial charge on any atom is -0.493 e. The van der Waals surface area contributed by atoms with Gasteiger partial charge in [0.15, 0.2) is 5.75 Å². The molecule has 2 rings (SSSR count). The molecule has 5 heteroatoms. The molecular formula is C13H15IN2O2. The summed E-state index contributed by atoms with van der Waals surface area (Å²) in [6, 6.07) is 7.75. The number of ether oxygens (including phenoxy) is 1. The zero-order valence-electron chi connectivity index (χ0n) is 10.5. The van der Waals surface area contributed by atoms with E-state index in [9.17, 15) is 5.11 Å². The predicted molar refractivity (Wildman–Crippen MR) is 77.6 cm³/mol. The van der Waals surface area contributed by atoms with Crippen LogP contribution >= 0.6 is 22.6 Å². The molecule has 2 aromatic rings. The van der Waals surface area contributed by atoms with Crippen molar-refractivity contribution >= 4 is 22.6 Å². The van der Waals surface area contributed by atoms with Gasteiger partial charge in [-0.1, -0.05) is 12.1 Å². The molecule has 1 aromatic heterocycles. The van der Waals surface area contributed by atoms with Gasteiger partial charge in [0.05, 0.1) is 13.3 Å². The molecule has 0 aliphatic heterocycles. The lowest BCUT2D eigenvalue weighted by Gasteiger charge is -2.25. The third kappa shape index (κ3) is 2.24. The van der Waals surface area contributed by atoms with Gasteiger partial charge in [-0.3, -0.25) is 4.68 Å². The molecule has 0 saturated carbocycles. The summed E-state index contributed by atoms with van der Waals surface area (Å²) in [6.45, 7) is 1.74. The van der Waals surface area contributed by atoms with Gasteiger partial charge in [-0.2, -0.15) is 5.10 Å². The highest BCUT2D eigenvalue weighted by Gasteiger charge is 2.32. The molecule has 96 valence electrons. The Hall–Kier alpha value is -1.08. The summed E-state index contributed by atoms with van der Waals surface area (Å²) in [5.74, 6) is 0.584. The first kappa shape index (κ1) is 13.4. The van der Waals surface area contributed by atoms with Crippen LogP contribution in [0, 0.1) is 3.57 Å². The van der Waals surface area contributed by atoms with Crippen LogP contribution in [-0.4, -0.2) is 22.0 Å². The first-order valence-electron chi connectivity index (χ1n) is 5.51. The quantitative estimate of drug-likeness (QED) is 0.857. The number of nitrogens with zero attached hydrogens (tertiary/aromatic N) is 2. The second-order valence-electron chi connectivity index (χ2n) is 4.26. The molecule has 4 nitrogen and oxygen atoms in total. The molecule has 0 fully saturated rings. The molecule has 1 heterocycles. The van der Waals surface area contributed by atoms with Gasteiger partial charge in [-0.15, -0.1) is 0 Å². The van der Waals surface area contributed by atoms with E-state index in [0.717, 1.165) is 9.13 Å². The van der Waals surface area contributed by atoms with Crippen LogP contribution in [-0.2, 0) is 12.6 Å². The van der Waals surface area contributed by atoms with E-state index in [4.69, 9.17) is 4.74 Å². The minimum atomic E-state index is -1.14. The summed E-state index contributed by atoms with van der Waals surface area (Å²) >= 11 is 2.24. The fourth-order valence-corrected chi connectivity index (χ4v) is 2.39. The van der Waals surface area contributed by atoms with Crippen molar-refractivity contribution in [2.75, 3.05) is 7.11 Å². The molecule has 0 bridgehead atoms. The zero-order valence-corrected chi connectivity index (χ0v) is 12.7. The lowest BCUT2D eigenvalue weighted by Crippen LogP contribution is -2.26. The second kappa shape index (κ2) is 4.89. The SMILES string of the molecule is COc1cnn(C)c1C(C)(O)c1ccc(I)cc1. The van der Waals surface area contributed by atoms with Crippen LogP contribution in [0.1, 0.15) is 18.2 Å². The Morgan fingerprint density at radius 2 is 1.94 bits per heavy atom. The van der Waals surface area contributed by atoms with Crippen molar-refractivity contribution in [3.8, 4) is 5.75 Å². The van der Waals surface area contributed by atoms with E-state index >= 15 is 0 Å².